The Hall–Kier alpha value is -2.08. The number of hydrogen-bond acceptors (Lipinski definition) is 5. The molecule has 2 N–H and O–H groups in total. The Labute approximate surface area is 117 Å². The van der Waals surface area contributed by atoms with Gasteiger partial charge in [0.2, 0.25) is 0 Å². The van der Waals surface area contributed by atoms with E-state index in [9.17, 15) is 9.59 Å². The molecule has 0 aliphatic heterocycles. The Morgan fingerprint density at radius 3 is 2.80 bits per heavy atom. The minimum absolute atomic E-state index is 0.192. The maximum atomic E-state index is 11.0. The molecule has 0 aliphatic carbocycles. The SMILES string of the molecule is CCOC(=O)CCNCCOc1cccc(C(=O)O)c1. The van der Waals surface area contributed by atoms with Crippen molar-refractivity contribution in [2.24, 2.45) is 0 Å². The predicted octanol–water partition coefficient (Wildman–Crippen LogP) is 1.31. The van der Waals surface area contributed by atoms with E-state index in [1.807, 2.05) is 0 Å². The number of benzene rings is 1. The molecule has 0 aliphatic rings. The molecule has 0 radical (unpaired) electrons. The second-order valence-corrected chi connectivity index (χ2v) is 3.99. The first-order valence-electron chi connectivity index (χ1n) is 6.46. The van der Waals surface area contributed by atoms with Gasteiger partial charge in [-0.3, -0.25) is 4.79 Å². The van der Waals surface area contributed by atoms with Crippen LogP contribution in [0.1, 0.15) is 23.7 Å². The van der Waals surface area contributed by atoms with E-state index >= 15 is 0 Å². The number of carbonyl (C=O) groups is 2. The normalized spacial score (nSPS) is 10.1. The van der Waals surface area contributed by atoms with E-state index < -0.39 is 5.97 Å². The van der Waals surface area contributed by atoms with E-state index in [-0.39, 0.29) is 11.5 Å². The van der Waals surface area contributed by atoms with Crippen LogP contribution >= 0.6 is 0 Å². The highest BCUT2D eigenvalue weighted by Gasteiger charge is 2.04. The van der Waals surface area contributed by atoms with Crippen LogP contribution in [-0.4, -0.2) is 43.3 Å². The zero-order valence-electron chi connectivity index (χ0n) is 11.4. The molecule has 1 aromatic rings. The molecule has 20 heavy (non-hydrogen) atoms. The lowest BCUT2D eigenvalue weighted by atomic mass is 10.2. The van der Waals surface area contributed by atoms with Crippen molar-refractivity contribution in [3.8, 4) is 5.75 Å². The lowest BCUT2D eigenvalue weighted by molar-refractivity contribution is -0.142. The molecule has 1 rings (SSSR count). The number of carboxylic acid groups (broad SMARTS) is 1. The third kappa shape index (κ3) is 6.19. The van der Waals surface area contributed by atoms with Crippen LogP contribution in [0.4, 0.5) is 0 Å². The van der Waals surface area contributed by atoms with Crippen LogP contribution < -0.4 is 10.1 Å². The lowest BCUT2D eigenvalue weighted by Crippen LogP contribution is -2.24. The second kappa shape index (κ2) is 8.92. The van der Waals surface area contributed by atoms with Gasteiger partial charge in [0.05, 0.1) is 18.6 Å². The van der Waals surface area contributed by atoms with E-state index in [4.69, 9.17) is 14.6 Å². The first-order valence-corrected chi connectivity index (χ1v) is 6.46. The average Bonchev–Trinajstić information content (AvgIpc) is 2.43. The molecule has 0 saturated carbocycles. The van der Waals surface area contributed by atoms with Crippen LogP contribution in [0.25, 0.3) is 0 Å². The quantitative estimate of drug-likeness (QED) is 0.524. The molecular weight excluding hydrogens is 262 g/mol. The van der Waals surface area contributed by atoms with Gasteiger partial charge in [0, 0.05) is 13.1 Å². The number of carboxylic acids is 1. The molecule has 0 aromatic heterocycles. The number of aromatic carboxylic acids is 1. The second-order valence-electron chi connectivity index (χ2n) is 3.99. The largest absolute Gasteiger partial charge is 0.492 e. The van der Waals surface area contributed by atoms with Crippen LogP contribution in [0, 0.1) is 0 Å². The Morgan fingerprint density at radius 2 is 2.10 bits per heavy atom. The molecular formula is C14H19NO5. The fourth-order valence-electron chi connectivity index (χ4n) is 1.51. The van der Waals surface area contributed by atoms with Crippen molar-refractivity contribution in [3.05, 3.63) is 29.8 Å². The van der Waals surface area contributed by atoms with E-state index in [2.05, 4.69) is 5.32 Å². The summed E-state index contributed by atoms with van der Waals surface area (Å²) in [6, 6.07) is 6.31. The monoisotopic (exact) mass is 281 g/mol. The van der Waals surface area contributed by atoms with Crippen molar-refractivity contribution in [3.63, 3.8) is 0 Å². The molecule has 1 aromatic carbocycles. The molecule has 0 unspecified atom stereocenters. The highest BCUT2D eigenvalue weighted by molar-refractivity contribution is 5.87. The Balaban J connectivity index is 2.17. The predicted molar refractivity (Wildman–Crippen MR) is 73.0 cm³/mol. The van der Waals surface area contributed by atoms with Crippen molar-refractivity contribution < 1.29 is 24.2 Å². The first-order chi connectivity index (χ1) is 9.63. The maximum absolute atomic E-state index is 11.0. The number of carbonyl (C=O) groups excluding carboxylic acids is 1. The summed E-state index contributed by atoms with van der Waals surface area (Å²) in [5, 5.41) is 11.9. The number of hydrogen-bond donors (Lipinski definition) is 2. The van der Waals surface area contributed by atoms with Crippen molar-refractivity contribution in [1.82, 2.24) is 5.32 Å². The minimum Gasteiger partial charge on any atom is -0.492 e. The van der Waals surface area contributed by atoms with Gasteiger partial charge in [-0.05, 0) is 25.1 Å². The molecule has 0 spiro atoms. The first kappa shape index (κ1) is 16.0. The zero-order valence-corrected chi connectivity index (χ0v) is 11.4. The number of rotatable bonds is 9. The fraction of sp³-hybridized carbons (Fsp3) is 0.429. The van der Waals surface area contributed by atoms with E-state index in [0.717, 1.165) is 0 Å². The van der Waals surface area contributed by atoms with E-state index in [1.54, 1.807) is 19.1 Å². The Morgan fingerprint density at radius 1 is 1.30 bits per heavy atom. The molecule has 6 nitrogen and oxygen atoms in total. The van der Waals surface area contributed by atoms with Crippen LogP contribution in [0.3, 0.4) is 0 Å². The van der Waals surface area contributed by atoms with Crippen molar-refractivity contribution in [1.29, 1.82) is 0 Å². The average molecular weight is 281 g/mol. The van der Waals surface area contributed by atoms with Crippen molar-refractivity contribution in [2.75, 3.05) is 26.3 Å². The molecule has 0 atom stereocenters. The van der Waals surface area contributed by atoms with Gasteiger partial charge in [-0.15, -0.1) is 0 Å². The van der Waals surface area contributed by atoms with Gasteiger partial charge in [0.25, 0.3) is 0 Å². The van der Waals surface area contributed by atoms with Gasteiger partial charge in [-0.1, -0.05) is 6.07 Å². The molecule has 0 bridgehead atoms. The summed E-state index contributed by atoms with van der Waals surface area (Å²) in [4.78, 5) is 21.8. The van der Waals surface area contributed by atoms with Crippen LogP contribution in [0.5, 0.6) is 5.75 Å². The third-order valence-electron chi connectivity index (χ3n) is 2.44. The summed E-state index contributed by atoms with van der Waals surface area (Å²) in [6.45, 7) is 3.65. The smallest absolute Gasteiger partial charge is 0.335 e. The summed E-state index contributed by atoms with van der Waals surface area (Å²) in [5.41, 5.74) is 0.192. The minimum atomic E-state index is -0.983. The van der Waals surface area contributed by atoms with Crippen molar-refractivity contribution >= 4 is 11.9 Å². The molecule has 110 valence electrons. The number of nitrogens with one attached hydrogen (secondary N) is 1. The van der Waals surface area contributed by atoms with Gasteiger partial charge >= 0.3 is 11.9 Å². The van der Waals surface area contributed by atoms with Crippen molar-refractivity contribution in [2.45, 2.75) is 13.3 Å². The van der Waals surface area contributed by atoms with Gasteiger partial charge in [0.15, 0.2) is 0 Å². The Bertz CT molecular complexity index is 447. The van der Waals surface area contributed by atoms with Crippen LogP contribution in [-0.2, 0) is 9.53 Å². The van der Waals surface area contributed by atoms with Gasteiger partial charge in [-0.2, -0.15) is 0 Å². The van der Waals surface area contributed by atoms with E-state index in [1.165, 1.54) is 12.1 Å². The summed E-state index contributed by atoms with van der Waals surface area (Å²) in [5.74, 6) is -0.699. The molecule has 0 fully saturated rings. The topological polar surface area (TPSA) is 84.9 Å². The Kier molecular flexibility index (Phi) is 7.13. The lowest BCUT2D eigenvalue weighted by Gasteiger charge is -2.08. The third-order valence-corrected chi connectivity index (χ3v) is 2.44. The maximum Gasteiger partial charge on any atom is 0.335 e. The summed E-state index contributed by atoms with van der Waals surface area (Å²) < 4.78 is 10.2. The standard InChI is InChI=1S/C14H19NO5/c1-2-19-13(16)6-7-15-8-9-20-12-5-3-4-11(10-12)14(17)18/h3-5,10,15H,2,6-9H2,1H3,(H,17,18). The summed E-state index contributed by atoms with van der Waals surface area (Å²) >= 11 is 0. The molecule has 0 saturated heterocycles. The fourth-order valence-corrected chi connectivity index (χ4v) is 1.51. The van der Waals surface area contributed by atoms with Gasteiger partial charge in [0.1, 0.15) is 12.4 Å². The zero-order chi connectivity index (χ0) is 14.8. The number of esters is 1. The number of ether oxygens (including phenoxy) is 2. The summed E-state index contributed by atoms with van der Waals surface area (Å²) in [6.07, 6.45) is 0.322. The van der Waals surface area contributed by atoms with Gasteiger partial charge < -0.3 is 19.9 Å². The molecule has 0 amide bonds. The molecule has 0 heterocycles. The van der Waals surface area contributed by atoms with Crippen LogP contribution in [0.15, 0.2) is 24.3 Å². The van der Waals surface area contributed by atoms with Crippen LogP contribution in [0.2, 0.25) is 0 Å². The highest BCUT2D eigenvalue weighted by atomic mass is 16.5. The van der Waals surface area contributed by atoms with Gasteiger partial charge in [-0.25, -0.2) is 4.79 Å². The summed E-state index contributed by atoms with van der Waals surface area (Å²) in [7, 11) is 0. The van der Waals surface area contributed by atoms with E-state index in [0.29, 0.717) is 38.5 Å². The highest BCUT2D eigenvalue weighted by Crippen LogP contribution is 2.12. The molecule has 6 heteroatoms.